The van der Waals surface area contributed by atoms with Crippen LogP contribution in [-0.2, 0) is 14.3 Å². The van der Waals surface area contributed by atoms with Crippen molar-refractivity contribution in [3.05, 3.63) is 58.6 Å². The first-order chi connectivity index (χ1) is 17.8. The molecule has 2 heterocycles. The van der Waals surface area contributed by atoms with Gasteiger partial charge in [0.15, 0.2) is 17.3 Å². The number of halogens is 3. The third-order valence-corrected chi connectivity index (χ3v) is 6.60. The monoisotopic (exact) mass is 548 g/mol. The Morgan fingerprint density at radius 1 is 1.11 bits per heavy atom. The van der Waals surface area contributed by atoms with Crippen molar-refractivity contribution < 1.29 is 28.2 Å². The highest BCUT2D eigenvalue weighted by Crippen LogP contribution is 2.37. The number of anilines is 2. The number of ether oxygens (including phenoxy) is 3. The van der Waals surface area contributed by atoms with Gasteiger partial charge in [-0.1, -0.05) is 23.2 Å². The van der Waals surface area contributed by atoms with Crippen molar-refractivity contribution in [2.75, 3.05) is 32.6 Å². The molecule has 4 rings (SSSR count). The van der Waals surface area contributed by atoms with E-state index in [-0.39, 0.29) is 27.7 Å². The van der Waals surface area contributed by atoms with Crippen LogP contribution < -0.4 is 14.8 Å². The molecular formula is C25H23Cl2FN4O5. The van der Waals surface area contributed by atoms with Gasteiger partial charge in [0.05, 0.1) is 35.5 Å². The van der Waals surface area contributed by atoms with E-state index in [2.05, 4.69) is 20.0 Å². The van der Waals surface area contributed by atoms with Gasteiger partial charge in [0.25, 0.3) is 0 Å². The highest BCUT2D eigenvalue weighted by atomic mass is 35.5. The van der Waals surface area contributed by atoms with Crippen LogP contribution in [0.3, 0.4) is 0 Å². The molecule has 1 aromatic heterocycles. The minimum absolute atomic E-state index is 0.102. The number of carbonyl (C=O) groups is 2. The number of nitrogens with one attached hydrogen (secondary N) is 1. The summed E-state index contributed by atoms with van der Waals surface area (Å²) >= 11 is 11.8. The summed E-state index contributed by atoms with van der Waals surface area (Å²) in [6.07, 6.45) is 4.61. The normalized spacial score (nSPS) is 14.1. The van der Waals surface area contributed by atoms with Gasteiger partial charge in [-0.05, 0) is 18.2 Å². The lowest BCUT2D eigenvalue weighted by molar-refractivity contribution is -0.135. The largest absolute Gasteiger partial charge is 0.493 e. The Bertz CT molecular complexity index is 1360. The van der Waals surface area contributed by atoms with Gasteiger partial charge in [-0.25, -0.2) is 19.2 Å². The van der Waals surface area contributed by atoms with Gasteiger partial charge in [-0.2, -0.15) is 0 Å². The minimum atomic E-state index is -0.700. The third kappa shape index (κ3) is 6.03. The average Bonchev–Trinajstić information content (AvgIpc) is 2.92. The maximum Gasteiger partial charge on any atom is 0.330 e. The predicted molar refractivity (Wildman–Crippen MR) is 137 cm³/mol. The SMILES string of the molecule is COC(=O)C=CC(=O)N1CCC(Oc2cc3c(Nc4ccc(Cl)c(Cl)c4F)ncnc3cc2OC)CC1. The zero-order valence-corrected chi connectivity index (χ0v) is 21.5. The van der Waals surface area contributed by atoms with E-state index in [1.807, 2.05) is 0 Å². The van der Waals surface area contributed by atoms with Crippen molar-refractivity contribution in [3.8, 4) is 11.5 Å². The average molecular weight is 549 g/mol. The number of likely N-dealkylation sites (tertiary alicyclic amines) is 1. The topological polar surface area (TPSA) is 103 Å². The number of hydrogen-bond donors (Lipinski definition) is 1. The summed E-state index contributed by atoms with van der Waals surface area (Å²) in [6.45, 7) is 0.912. The summed E-state index contributed by atoms with van der Waals surface area (Å²) < 4.78 is 30.9. The standard InChI is InChI=1S/C25H23Cl2FN4O5/c1-35-19-12-18-15(25(30-13-29-18)31-17-4-3-16(26)23(27)24(17)28)11-20(19)37-14-7-9-32(10-8-14)21(33)5-6-22(34)36-2/h3-6,11-14H,7-10H2,1-2H3,(H,29,30,31). The zero-order valence-electron chi connectivity index (χ0n) is 20.0. The summed E-state index contributed by atoms with van der Waals surface area (Å²) in [7, 11) is 2.77. The highest BCUT2D eigenvalue weighted by Gasteiger charge is 2.24. The summed E-state index contributed by atoms with van der Waals surface area (Å²) in [4.78, 5) is 33.7. The van der Waals surface area contributed by atoms with Gasteiger partial charge in [-0.15, -0.1) is 0 Å². The first kappa shape index (κ1) is 26.4. The van der Waals surface area contributed by atoms with Crippen molar-refractivity contribution in [1.82, 2.24) is 14.9 Å². The highest BCUT2D eigenvalue weighted by molar-refractivity contribution is 6.42. The van der Waals surface area contributed by atoms with Crippen LogP contribution in [-0.4, -0.2) is 60.2 Å². The van der Waals surface area contributed by atoms with Crippen LogP contribution >= 0.6 is 23.2 Å². The van der Waals surface area contributed by atoms with Crippen molar-refractivity contribution in [3.63, 3.8) is 0 Å². The fourth-order valence-electron chi connectivity index (χ4n) is 3.85. The quantitative estimate of drug-likeness (QED) is 0.252. The number of aromatic nitrogens is 2. The van der Waals surface area contributed by atoms with Crippen molar-refractivity contribution >= 4 is 57.5 Å². The van der Waals surface area contributed by atoms with E-state index in [4.69, 9.17) is 32.7 Å². The molecule has 1 amide bonds. The van der Waals surface area contributed by atoms with Crippen LogP contribution in [0, 0.1) is 5.82 Å². The lowest BCUT2D eigenvalue weighted by Gasteiger charge is -2.32. The molecule has 1 N–H and O–H groups in total. The van der Waals surface area contributed by atoms with E-state index < -0.39 is 11.8 Å². The van der Waals surface area contributed by atoms with E-state index in [9.17, 15) is 14.0 Å². The number of carbonyl (C=O) groups excluding carboxylic acids is 2. The van der Waals surface area contributed by atoms with Crippen molar-refractivity contribution in [1.29, 1.82) is 0 Å². The van der Waals surface area contributed by atoms with Gasteiger partial charge in [0.2, 0.25) is 5.91 Å². The lowest BCUT2D eigenvalue weighted by Crippen LogP contribution is -2.41. The second kappa shape index (κ2) is 11.6. The second-order valence-corrected chi connectivity index (χ2v) is 8.87. The minimum Gasteiger partial charge on any atom is -0.493 e. The Labute approximate surface area is 222 Å². The van der Waals surface area contributed by atoms with Crippen LogP contribution in [0.5, 0.6) is 11.5 Å². The van der Waals surface area contributed by atoms with E-state index >= 15 is 0 Å². The van der Waals surface area contributed by atoms with Crippen molar-refractivity contribution in [2.45, 2.75) is 18.9 Å². The van der Waals surface area contributed by atoms with Gasteiger partial charge in [0, 0.05) is 49.5 Å². The summed E-state index contributed by atoms with van der Waals surface area (Å²) in [5, 5.41) is 3.43. The molecule has 0 radical (unpaired) electrons. The van der Waals surface area contributed by atoms with E-state index in [0.717, 1.165) is 6.08 Å². The molecule has 37 heavy (non-hydrogen) atoms. The van der Waals surface area contributed by atoms with Gasteiger partial charge >= 0.3 is 5.97 Å². The number of nitrogens with zero attached hydrogens (tertiary/aromatic N) is 3. The smallest absolute Gasteiger partial charge is 0.330 e. The Hall–Kier alpha value is -3.63. The first-order valence-electron chi connectivity index (χ1n) is 11.3. The Kier molecular flexibility index (Phi) is 8.30. The summed E-state index contributed by atoms with van der Waals surface area (Å²) in [6, 6.07) is 6.38. The number of benzene rings is 2. The fourth-order valence-corrected chi connectivity index (χ4v) is 4.16. The molecule has 0 atom stereocenters. The molecule has 1 fully saturated rings. The molecule has 9 nitrogen and oxygen atoms in total. The molecule has 0 aliphatic carbocycles. The van der Waals surface area contributed by atoms with Crippen LogP contribution in [0.1, 0.15) is 12.8 Å². The molecule has 3 aromatic rings. The van der Waals surface area contributed by atoms with Gasteiger partial charge in [-0.3, -0.25) is 4.79 Å². The van der Waals surface area contributed by atoms with Gasteiger partial charge < -0.3 is 24.4 Å². The Morgan fingerprint density at radius 2 is 1.86 bits per heavy atom. The van der Waals surface area contributed by atoms with Crippen molar-refractivity contribution in [2.24, 2.45) is 0 Å². The summed E-state index contributed by atoms with van der Waals surface area (Å²) in [5.74, 6) is -0.291. The van der Waals surface area contributed by atoms with Crippen LogP contribution in [0.15, 0.2) is 42.7 Å². The number of esters is 1. The first-order valence-corrected chi connectivity index (χ1v) is 12.0. The number of piperidine rings is 1. The lowest BCUT2D eigenvalue weighted by atomic mass is 10.1. The third-order valence-electron chi connectivity index (χ3n) is 5.82. The second-order valence-electron chi connectivity index (χ2n) is 8.09. The zero-order chi connectivity index (χ0) is 26.5. The predicted octanol–water partition coefficient (Wildman–Crippen LogP) is 4.93. The molecular weight excluding hydrogens is 526 g/mol. The Morgan fingerprint density at radius 3 is 2.57 bits per heavy atom. The maximum absolute atomic E-state index is 14.6. The molecule has 2 aromatic carbocycles. The Balaban J connectivity index is 1.53. The molecule has 0 spiro atoms. The molecule has 1 aliphatic heterocycles. The molecule has 194 valence electrons. The number of amides is 1. The van der Waals surface area contributed by atoms with Crippen LogP contribution in [0.4, 0.5) is 15.9 Å². The molecule has 1 aliphatic rings. The molecule has 0 unspecified atom stereocenters. The number of rotatable bonds is 7. The molecule has 0 bridgehead atoms. The van der Waals surface area contributed by atoms with E-state index in [0.29, 0.717) is 54.2 Å². The maximum atomic E-state index is 14.6. The fraction of sp³-hybridized carbons (Fsp3) is 0.280. The molecule has 0 saturated carbocycles. The number of hydrogen-bond acceptors (Lipinski definition) is 8. The molecule has 12 heteroatoms. The van der Waals surface area contributed by atoms with Gasteiger partial charge in [0.1, 0.15) is 18.2 Å². The number of fused-ring (bicyclic) bond motifs is 1. The van der Waals surface area contributed by atoms with E-state index in [1.165, 1.54) is 38.8 Å². The summed E-state index contributed by atoms with van der Waals surface area (Å²) in [5.41, 5.74) is 0.658. The number of methoxy groups -OCH3 is 2. The molecule has 1 saturated heterocycles. The van der Waals surface area contributed by atoms with E-state index in [1.54, 1.807) is 17.0 Å². The van der Waals surface area contributed by atoms with Crippen LogP contribution in [0.25, 0.3) is 10.9 Å². The van der Waals surface area contributed by atoms with Crippen LogP contribution in [0.2, 0.25) is 10.0 Å².